The molecule has 0 spiro atoms. The Balaban J connectivity index is 1.87. The zero-order chi connectivity index (χ0) is 16.3. The van der Waals surface area contributed by atoms with Crippen molar-refractivity contribution >= 4 is 0 Å². The lowest BCUT2D eigenvalue weighted by atomic mass is 9.98. The number of aromatic hydroxyl groups is 1. The van der Waals surface area contributed by atoms with Gasteiger partial charge in [0.1, 0.15) is 11.2 Å². The third kappa shape index (κ3) is 3.29. The quantitative estimate of drug-likeness (QED) is 0.742. The van der Waals surface area contributed by atoms with Crippen LogP contribution < -0.4 is 9.47 Å². The molecule has 0 amide bonds. The van der Waals surface area contributed by atoms with Gasteiger partial charge in [-0.1, -0.05) is 19.9 Å². The van der Waals surface area contributed by atoms with Crippen LogP contribution in [-0.4, -0.2) is 16.3 Å². The van der Waals surface area contributed by atoms with Crippen LogP contribution in [0.3, 0.4) is 0 Å². The Bertz CT molecular complexity index is 526. The highest BCUT2D eigenvalue weighted by Crippen LogP contribution is 2.47. The van der Waals surface area contributed by atoms with E-state index >= 15 is 0 Å². The number of hydrogen-bond donors (Lipinski definition) is 1. The van der Waals surface area contributed by atoms with Crippen molar-refractivity contribution in [3.8, 4) is 17.2 Å². The standard InChI is InChI=1S/C20H30O3/c1-3-19(12-5-6-13-19)22-17-11-9-10-16(21)18(17)23-20(4-2)14-7-8-15-20/h9-11,21H,3-8,12-15H2,1-2H3. The maximum atomic E-state index is 10.4. The van der Waals surface area contributed by atoms with Gasteiger partial charge in [-0.15, -0.1) is 0 Å². The van der Waals surface area contributed by atoms with Crippen LogP contribution in [0.25, 0.3) is 0 Å². The Morgan fingerprint density at radius 2 is 1.39 bits per heavy atom. The van der Waals surface area contributed by atoms with Gasteiger partial charge in [0, 0.05) is 0 Å². The molecular weight excluding hydrogens is 288 g/mol. The average molecular weight is 318 g/mol. The number of phenolic OH excluding ortho intramolecular Hbond substituents is 1. The minimum atomic E-state index is -0.133. The minimum Gasteiger partial charge on any atom is -0.504 e. The fraction of sp³-hybridized carbons (Fsp3) is 0.700. The second kappa shape index (κ2) is 6.62. The number of para-hydroxylation sites is 1. The van der Waals surface area contributed by atoms with Crippen LogP contribution in [0.1, 0.15) is 78.1 Å². The van der Waals surface area contributed by atoms with E-state index in [-0.39, 0.29) is 17.0 Å². The molecule has 0 atom stereocenters. The zero-order valence-corrected chi connectivity index (χ0v) is 14.6. The van der Waals surface area contributed by atoms with Crippen molar-refractivity contribution in [3.05, 3.63) is 18.2 Å². The molecule has 1 aromatic carbocycles. The van der Waals surface area contributed by atoms with Crippen molar-refractivity contribution in [1.82, 2.24) is 0 Å². The molecule has 3 heteroatoms. The van der Waals surface area contributed by atoms with Crippen LogP contribution in [0.5, 0.6) is 17.2 Å². The highest BCUT2D eigenvalue weighted by Gasteiger charge is 2.38. The number of benzene rings is 1. The second-order valence-corrected chi connectivity index (χ2v) is 7.30. The second-order valence-electron chi connectivity index (χ2n) is 7.30. The molecule has 23 heavy (non-hydrogen) atoms. The van der Waals surface area contributed by atoms with Crippen molar-refractivity contribution in [1.29, 1.82) is 0 Å². The molecule has 0 unspecified atom stereocenters. The first-order valence-electron chi connectivity index (χ1n) is 9.32. The summed E-state index contributed by atoms with van der Waals surface area (Å²) in [7, 11) is 0. The van der Waals surface area contributed by atoms with E-state index in [1.54, 1.807) is 6.07 Å². The maximum Gasteiger partial charge on any atom is 0.203 e. The third-order valence-electron chi connectivity index (χ3n) is 5.92. The van der Waals surface area contributed by atoms with Crippen LogP contribution in [0.15, 0.2) is 18.2 Å². The highest BCUT2D eigenvalue weighted by molar-refractivity contribution is 5.51. The predicted octanol–water partition coefficient (Wildman–Crippen LogP) is 5.60. The first-order chi connectivity index (χ1) is 11.1. The molecule has 128 valence electrons. The highest BCUT2D eigenvalue weighted by atomic mass is 16.5. The molecule has 3 nitrogen and oxygen atoms in total. The van der Waals surface area contributed by atoms with E-state index in [1.807, 2.05) is 12.1 Å². The Labute approximate surface area is 140 Å². The normalized spacial score (nSPS) is 22.2. The molecule has 2 fully saturated rings. The van der Waals surface area contributed by atoms with Crippen molar-refractivity contribution in [2.75, 3.05) is 0 Å². The van der Waals surface area contributed by atoms with Gasteiger partial charge in [-0.2, -0.15) is 0 Å². The van der Waals surface area contributed by atoms with E-state index < -0.39 is 0 Å². The Hall–Kier alpha value is -1.38. The smallest absolute Gasteiger partial charge is 0.203 e. The van der Waals surface area contributed by atoms with Gasteiger partial charge in [-0.05, 0) is 76.3 Å². The van der Waals surface area contributed by atoms with E-state index in [4.69, 9.17) is 9.47 Å². The molecule has 0 heterocycles. The van der Waals surface area contributed by atoms with Crippen molar-refractivity contribution in [2.45, 2.75) is 89.3 Å². The van der Waals surface area contributed by atoms with Gasteiger partial charge < -0.3 is 14.6 Å². The van der Waals surface area contributed by atoms with Crippen molar-refractivity contribution in [2.24, 2.45) is 0 Å². The summed E-state index contributed by atoms with van der Waals surface area (Å²) in [4.78, 5) is 0. The van der Waals surface area contributed by atoms with E-state index in [2.05, 4.69) is 13.8 Å². The van der Waals surface area contributed by atoms with E-state index in [0.29, 0.717) is 11.5 Å². The summed E-state index contributed by atoms with van der Waals surface area (Å²) in [6.45, 7) is 4.37. The predicted molar refractivity (Wildman–Crippen MR) is 92.3 cm³/mol. The fourth-order valence-electron chi connectivity index (χ4n) is 4.23. The number of rotatable bonds is 6. The topological polar surface area (TPSA) is 38.7 Å². The molecule has 0 aliphatic heterocycles. The number of phenols is 1. The van der Waals surface area contributed by atoms with E-state index in [9.17, 15) is 5.11 Å². The first kappa shape index (κ1) is 16.5. The number of ether oxygens (including phenoxy) is 2. The van der Waals surface area contributed by atoms with Crippen LogP contribution >= 0.6 is 0 Å². The molecule has 1 aromatic rings. The van der Waals surface area contributed by atoms with Gasteiger partial charge in [0.05, 0.1) is 0 Å². The SMILES string of the molecule is CCC1(Oc2cccc(O)c2OC2(CC)CCCC2)CCCC1. The number of hydrogen-bond acceptors (Lipinski definition) is 3. The summed E-state index contributed by atoms with van der Waals surface area (Å²) in [6, 6.07) is 5.50. The Morgan fingerprint density at radius 1 is 0.870 bits per heavy atom. The van der Waals surface area contributed by atoms with Gasteiger partial charge in [-0.3, -0.25) is 0 Å². The van der Waals surface area contributed by atoms with Gasteiger partial charge in [0.2, 0.25) is 5.75 Å². The van der Waals surface area contributed by atoms with Crippen LogP contribution in [-0.2, 0) is 0 Å². The van der Waals surface area contributed by atoms with Gasteiger partial charge >= 0.3 is 0 Å². The van der Waals surface area contributed by atoms with Gasteiger partial charge in [0.25, 0.3) is 0 Å². The van der Waals surface area contributed by atoms with Crippen LogP contribution in [0.4, 0.5) is 0 Å². The van der Waals surface area contributed by atoms with Crippen molar-refractivity contribution < 1.29 is 14.6 Å². The Morgan fingerprint density at radius 3 is 1.91 bits per heavy atom. The summed E-state index contributed by atoms with van der Waals surface area (Å²) in [6.07, 6.45) is 11.2. The summed E-state index contributed by atoms with van der Waals surface area (Å²) >= 11 is 0. The summed E-state index contributed by atoms with van der Waals surface area (Å²) in [5, 5.41) is 10.4. The average Bonchev–Trinajstić information content (AvgIpc) is 3.21. The van der Waals surface area contributed by atoms with Crippen LogP contribution in [0.2, 0.25) is 0 Å². The van der Waals surface area contributed by atoms with E-state index in [0.717, 1.165) is 38.5 Å². The maximum absolute atomic E-state index is 10.4. The molecule has 1 N–H and O–H groups in total. The molecular formula is C20H30O3. The van der Waals surface area contributed by atoms with E-state index in [1.165, 1.54) is 25.7 Å². The molecule has 2 aliphatic rings. The lowest BCUT2D eigenvalue weighted by Crippen LogP contribution is -2.34. The van der Waals surface area contributed by atoms with Crippen molar-refractivity contribution in [3.63, 3.8) is 0 Å². The molecule has 2 saturated carbocycles. The first-order valence-corrected chi connectivity index (χ1v) is 9.32. The largest absolute Gasteiger partial charge is 0.504 e. The fourth-order valence-corrected chi connectivity index (χ4v) is 4.23. The van der Waals surface area contributed by atoms with Gasteiger partial charge in [0.15, 0.2) is 11.5 Å². The lowest BCUT2D eigenvalue weighted by Gasteiger charge is -2.33. The summed E-state index contributed by atoms with van der Waals surface area (Å²) < 4.78 is 12.8. The molecule has 0 saturated heterocycles. The monoisotopic (exact) mass is 318 g/mol. The molecule has 0 bridgehead atoms. The molecule has 0 aromatic heterocycles. The minimum absolute atomic E-state index is 0.0824. The zero-order valence-electron chi connectivity index (χ0n) is 14.6. The summed E-state index contributed by atoms with van der Waals surface area (Å²) in [5.74, 6) is 1.47. The van der Waals surface area contributed by atoms with Gasteiger partial charge in [-0.25, -0.2) is 0 Å². The van der Waals surface area contributed by atoms with Crippen LogP contribution in [0, 0.1) is 0 Å². The molecule has 3 rings (SSSR count). The lowest BCUT2D eigenvalue weighted by molar-refractivity contribution is 0.0405. The molecule has 0 radical (unpaired) electrons. The Kier molecular flexibility index (Phi) is 4.74. The summed E-state index contributed by atoms with van der Waals surface area (Å²) in [5.41, 5.74) is -0.215. The third-order valence-corrected chi connectivity index (χ3v) is 5.92. The molecule has 2 aliphatic carbocycles.